The number of benzene rings is 2. The Balaban J connectivity index is 1.65. The van der Waals surface area contributed by atoms with Crippen LogP contribution in [0, 0.1) is 13.8 Å². The number of rotatable bonds is 4. The van der Waals surface area contributed by atoms with E-state index in [0.717, 1.165) is 15.4 Å². The zero-order chi connectivity index (χ0) is 19.8. The van der Waals surface area contributed by atoms with E-state index in [9.17, 15) is 9.90 Å². The topological polar surface area (TPSA) is 72.8 Å². The summed E-state index contributed by atoms with van der Waals surface area (Å²) in [5.41, 5.74) is 1.70. The highest BCUT2D eigenvalue weighted by Gasteiger charge is 2.18. The molecule has 5 nitrogen and oxygen atoms in total. The third kappa shape index (κ3) is 3.43. The minimum absolute atomic E-state index is 0.0789. The van der Waals surface area contributed by atoms with E-state index >= 15 is 0 Å². The van der Waals surface area contributed by atoms with Crippen molar-refractivity contribution in [3.8, 4) is 23.0 Å². The fraction of sp³-hybridized carbons (Fsp3) is 0.136. The molecule has 0 radical (unpaired) electrons. The molecule has 0 aliphatic heterocycles. The minimum atomic E-state index is -0.586. The summed E-state index contributed by atoms with van der Waals surface area (Å²) in [5.74, 6) is 1.19. The number of ether oxygens (including phenoxy) is 1. The van der Waals surface area contributed by atoms with Gasteiger partial charge in [-0.3, -0.25) is 0 Å². The Morgan fingerprint density at radius 3 is 2.64 bits per heavy atom. The average Bonchev–Trinajstić information content (AvgIpc) is 3.10. The lowest BCUT2D eigenvalue weighted by molar-refractivity contribution is 0.306. The van der Waals surface area contributed by atoms with Gasteiger partial charge in [-0.05, 0) is 49.7 Å². The molecule has 142 valence electrons. The van der Waals surface area contributed by atoms with Crippen LogP contribution in [0.15, 0.2) is 66.6 Å². The first-order valence-electron chi connectivity index (χ1n) is 8.67. The Morgan fingerprint density at radius 1 is 1.04 bits per heavy atom. The van der Waals surface area contributed by atoms with E-state index < -0.39 is 5.63 Å². The molecule has 4 rings (SSSR count). The first-order valence-corrected chi connectivity index (χ1v) is 9.46. The third-order valence-corrected chi connectivity index (χ3v) is 5.06. The lowest BCUT2D eigenvalue weighted by atomic mass is 10.1. The molecule has 0 bridgehead atoms. The molecule has 2 heterocycles. The molecule has 2 aromatic carbocycles. The molecule has 28 heavy (non-hydrogen) atoms. The second-order valence-corrected chi connectivity index (χ2v) is 7.46. The highest BCUT2D eigenvalue weighted by molar-refractivity contribution is 9.10. The van der Waals surface area contributed by atoms with Crippen LogP contribution in [0.4, 0.5) is 0 Å². The van der Waals surface area contributed by atoms with Crippen molar-refractivity contribution in [1.82, 2.24) is 0 Å². The van der Waals surface area contributed by atoms with Gasteiger partial charge in [-0.15, -0.1) is 0 Å². The van der Waals surface area contributed by atoms with E-state index in [0.29, 0.717) is 29.3 Å². The van der Waals surface area contributed by atoms with Gasteiger partial charge in [0.15, 0.2) is 11.5 Å². The lowest BCUT2D eigenvalue weighted by Crippen LogP contribution is -2.05. The number of furan rings is 1. The zero-order valence-electron chi connectivity index (χ0n) is 15.3. The summed E-state index contributed by atoms with van der Waals surface area (Å²) < 4.78 is 18.1. The van der Waals surface area contributed by atoms with Crippen molar-refractivity contribution in [2.24, 2.45) is 0 Å². The van der Waals surface area contributed by atoms with E-state index in [4.69, 9.17) is 13.6 Å². The maximum Gasteiger partial charge on any atom is 0.343 e. The fourth-order valence-corrected chi connectivity index (χ4v) is 3.42. The largest absolute Gasteiger partial charge is 0.507 e. The number of aromatic hydroxyl groups is 1. The number of fused-ring (bicyclic) bond motifs is 1. The van der Waals surface area contributed by atoms with Gasteiger partial charge in [0.2, 0.25) is 0 Å². The molecular weight excluding hydrogens is 424 g/mol. The van der Waals surface area contributed by atoms with Crippen LogP contribution >= 0.6 is 15.9 Å². The Bertz CT molecular complexity index is 1240. The average molecular weight is 441 g/mol. The standard InChI is InChI=1S/C22H17BrO5/c1-12-20(24)13(2)22(25)28-21(12)19-9-15-6-7-17(10-18(15)27-19)26-11-14-4-3-5-16(23)8-14/h3-10,24H,11H2,1-2H3. The molecule has 0 spiro atoms. The molecule has 0 saturated carbocycles. The molecule has 6 heteroatoms. The van der Waals surface area contributed by atoms with E-state index in [-0.39, 0.29) is 17.1 Å². The van der Waals surface area contributed by atoms with Crippen molar-refractivity contribution in [2.75, 3.05) is 0 Å². The smallest absolute Gasteiger partial charge is 0.343 e. The van der Waals surface area contributed by atoms with Crippen LogP contribution in [0.25, 0.3) is 22.5 Å². The van der Waals surface area contributed by atoms with Gasteiger partial charge >= 0.3 is 5.63 Å². The number of hydrogen-bond donors (Lipinski definition) is 1. The van der Waals surface area contributed by atoms with Crippen LogP contribution in [0.3, 0.4) is 0 Å². The molecule has 0 atom stereocenters. The Hall–Kier alpha value is -2.99. The van der Waals surface area contributed by atoms with Crippen LogP contribution in [0.5, 0.6) is 11.5 Å². The summed E-state index contributed by atoms with van der Waals surface area (Å²) in [6.45, 7) is 3.63. The van der Waals surface area contributed by atoms with Gasteiger partial charge in [0, 0.05) is 21.5 Å². The van der Waals surface area contributed by atoms with Gasteiger partial charge < -0.3 is 18.7 Å². The fourth-order valence-electron chi connectivity index (χ4n) is 2.97. The van der Waals surface area contributed by atoms with Crippen molar-refractivity contribution in [2.45, 2.75) is 20.5 Å². The second kappa shape index (κ2) is 7.20. The first-order chi connectivity index (χ1) is 13.4. The zero-order valence-corrected chi connectivity index (χ0v) is 16.9. The van der Waals surface area contributed by atoms with Crippen LogP contribution in [0.1, 0.15) is 16.7 Å². The minimum Gasteiger partial charge on any atom is -0.507 e. The van der Waals surface area contributed by atoms with Crippen LogP contribution in [-0.4, -0.2) is 5.11 Å². The third-order valence-electron chi connectivity index (χ3n) is 4.56. The second-order valence-electron chi connectivity index (χ2n) is 6.55. The molecule has 0 amide bonds. The Morgan fingerprint density at radius 2 is 1.86 bits per heavy atom. The SMILES string of the molecule is Cc1c(-c2cc3ccc(OCc4cccc(Br)c4)cc3o2)oc(=O)c(C)c1O. The van der Waals surface area contributed by atoms with Crippen LogP contribution in [-0.2, 0) is 6.61 Å². The Kier molecular flexibility index (Phi) is 4.73. The van der Waals surface area contributed by atoms with Gasteiger partial charge in [0.25, 0.3) is 0 Å². The van der Waals surface area contributed by atoms with Crippen molar-refractivity contribution < 1.29 is 18.7 Å². The van der Waals surface area contributed by atoms with E-state index in [1.165, 1.54) is 6.92 Å². The predicted octanol–water partition coefficient (Wildman–Crippen LogP) is 5.72. The predicted molar refractivity (Wildman–Crippen MR) is 110 cm³/mol. The summed E-state index contributed by atoms with van der Waals surface area (Å²) >= 11 is 3.45. The molecular formula is C22H17BrO5. The van der Waals surface area contributed by atoms with Gasteiger partial charge in [0.1, 0.15) is 23.7 Å². The highest BCUT2D eigenvalue weighted by Crippen LogP contribution is 2.34. The maximum atomic E-state index is 11.9. The van der Waals surface area contributed by atoms with E-state index in [1.54, 1.807) is 19.1 Å². The van der Waals surface area contributed by atoms with Crippen molar-refractivity contribution in [3.05, 3.63) is 80.1 Å². The highest BCUT2D eigenvalue weighted by atomic mass is 79.9. The van der Waals surface area contributed by atoms with E-state index in [2.05, 4.69) is 15.9 Å². The van der Waals surface area contributed by atoms with Crippen molar-refractivity contribution in [3.63, 3.8) is 0 Å². The normalized spacial score (nSPS) is 11.1. The van der Waals surface area contributed by atoms with Gasteiger partial charge in [-0.1, -0.05) is 28.1 Å². The molecule has 0 unspecified atom stereocenters. The lowest BCUT2D eigenvalue weighted by Gasteiger charge is -2.06. The van der Waals surface area contributed by atoms with Crippen molar-refractivity contribution in [1.29, 1.82) is 0 Å². The monoisotopic (exact) mass is 440 g/mol. The maximum absolute atomic E-state index is 11.9. The molecule has 0 aliphatic rings. The summed E-state index contributed by atoms with van der Waals surface area (Å²) in [6.07, 6.45) is 0. The van der Waals surface area contributed by atoms with Crippen LogP contribution in [0.2, 0.25) is 0 Å². The first kappa shape index (κ1) is 18.4. The van der Waals surface area contributed by atoms with Crippen molar-refractivity contribution >= 4 is 26.9 Å². The van der Waals surface area contributed by atoms with Crippen LogP contribution < -0.4 is 10.4 Å². The van der Waals surface area contributed by atoms with Gasteiger partial charge in [0.05, 0.1) is 5.56 Å². The Labute approximate surface area is 169 Å². The summed E-state index contributed by atoms with van der Waals surface area (Å²) in [7, 11) is 0. The summed E-state index contributed by atoms with van der Waals surface area (Å²) in [4.78, 5) is 11.9. The molecule has 0 aliphatic carbocycles. The van der Waals surface area contributed by atoms with Gasteiger partial charge in [-0.2, -0.15) is 0 Å². The molecule has 2 aromatic heterocycles. The summed E-state index contributed by atoms with van der Waals surface area (Å²) in [5, 5.41) is 11.0. The molecule has 0 saturated heterocycles. The van der Waals surface area contributed by atoms with Gasteiger partial charge in [-0.25, -0.2) is 4.79 Å². The van der Waals surface area contributed by atoms with E-state index in [1.807, 2.05) is 36.4 Å². The number of halogens is 1. The quantitative estimate of drug-likeness (QED) is 0.439. The molecule has 4 aromatic rings. The number of hydrogen-bond acceptors (Lipinski definition) is 5. The summed E-state index contributed by atoms with van der Waals surface area (Å²) in [6, 6.07) is 15.2. The molecule has 1 N–H and O–H groups in total. The molecule has 0 fully saturated rings.